The number of benzene rings is 2. The van der Waals surface area contributed by atoms with Gasteiger partial charge in [-0.25, -0.2) is 17.5 Å². The van der Waals surface area contributed by atoms with Gasteiger partial charge in [-0.2, -0.15) is 0 Å². The third kappa shape index (κ3) is 3.79. The molecule has 7 nitrogen and oxygen atoms in total. The normalized spacial score (nSPS) is 16.0. The molecule has 1 aromatic heterocycles. The second kappa shape index (κ2) is 7.59. The van der Waals surface area contributed by atoms with Crippen LogP contribution in [0.2, 0.25) is 0 Å². The molecule has 1 aliphatic heterocycles. The maximum absolute atomic E-state index is 13.4. The van der Waals surface area contributed by atoms with Gasteiger partial charge in [0.15, 0.2) is 0 Å². The molecule has 0 radical (unpaired) electrons. The van der Waals surface area contributed by atoms with Gasteiger partial charge in [0.25, 0.3) is 5.56 Å². The van der Waals surface area contributed by atoms with Crippen molar-refractivity contribution in [3.63, 3.8) is 0 Å². The largest absolute Gasteiger partial charge is 0.379 e. The van der Waals surface area contributed by atoms with Crippen LogP contribution >= 0.6 is 0 Å². The second-order valence-corrected chi connectivity index (χ2v) is 8.47. The average Bonchev–Trinajstić information content (AvgIpc) is 2.68. The summed E-state index contributed by atoms with van der Waals surface area (Å²) in [6.45, 7) is 3.77. The SMILES string of the molecule is O=c1[nH]c2cc(S(=O)(=O)NCCN3CCOCC3)ccc2c2ccc(F)cc12. The molecule has 0 unspecified atom stereocenters. The fourth-order valence-corrected chi connectivity index (χ4v) is 4.45. The van der Waals surface area contributed by atoms with Crippen molar-refractivity contribution in [1.82, 2.24) is 14.6 Å². The maximum atomic E-state index is 13.4. The molecule has 1 fully saturated rings. The van der Waals surface area contributed by atoms with E-state index < -0.39 is 21.4 Å². The number of hydrogen-bond acceptors (Lipinski definition) is 5. The first-order valence-electron chi connectivity index (χ1n) is 8.99. The van der Waals surface area contributed by atoms with E-state index in [9.17, 15) is 17.6 Å². The Morgan fingerprint density at radius 2 is 1.82 bits per heavy atom. The van der Waals surface area contributed by atoms with Crippen LogP contribution in [0.25, 0.3) is 21.7 Å². The van der Waals surface area contributed by atoms with Gasteiger partial charge in [-0.15, -0.1) is 0 Å². The number of aromatic nitrogens is 1. The fourth-order valence-electron chi connectivity index (χ4n) is 3.40. The summed E-state index contributed by atoms with van der Waals surface area (Å²) in [5, 5.41) is 1.46. The number of fused-ring (bicyclic) bond motifs is 3. The van der Waals surface area contributed by atoms with E-state index in [1.165, 1.54) is 30.3 Å². The summed E-state index contributed by atoms with van der Waals surface area (Å²) < 4.78 is 46.5. The first kappa shape index (κ1) is 19.0. The molecule has 0 bridgehead atoms. The number of pyridine rings is 1. The summed E-state index contributed by atoms with van der Waals surface area (Å²) in [7, 11) is -3.72. The number of H-pyrrole nitrogens is 1. The first-order chi connectivity index (χ1) is 13.4. The summed E-state index contributed by atoms with van der Waals surface area (Å²) in [5.74, 6) is -0.499. The van der Waals surface area contributed by atoms with Gasteiger partial charge < -0.3 is 9.72 Å². The Morgan fingerprint density at radius 3 is 2.61 bits per heavy atom. The Labute approximate surface area is 161 Å². The Kier molecular flexibility index (Phi) is 5.15. The Morgan fingerprint density at radius 1 is 1.07 bits per heavy atom. The van der Waals surface area contributed by atoms with E-state index in [1.807, 2.05) is 0 Å². The van der Waals surface area contributed by atoms with Crippen LogP contribution in [0, 0.1) is 5.82 Å². The molecule has 1 saturated heterocycles. The second-order valence-electron chi connectivity index (χ2n) is 6.70. The maximum Gasteiger partial charge on any atom is 0.256 e. The summed E-state index contributed by atoms with van der Waals surface area (Å²) in [6.07, 6.45) is 0. The molecule has 2 N–H and O–H groups in total. The Balaban J connectivity index is 1.60. The topological polar surface area (TPSA) is 91.5 Å². The third-order valence-electron chi connectivity index (χ3n) is 4.89. The molecule has 4 rings (SSSR count). The standard InChI is InChI=1S/C19H20FN3O4S/c20-13-1-3-15-16-4-2-14(12-18(16)22-19(24)17(15)11-13)28(25,26)21-5-6-23-7-9-27-10-8-23/h1-4,11-12,21H,5-10H2,(H,22,24). The molecule has 1 aliphatic rings. The lowest BCUT2D eigenvalue weighted by atomic mass is 10.1. The highest BCUT2D eigenvalue weighted by Crippen LogP contribution is 2.24. The van der Waals surface area contributed by atoms with Crippen molar-refractivity contribution < 1.29 is 17.5 Å². The molecule has 2 aromatic carbocycles. The van der Waals surface area contributed by atoms with E-state index in [0.29, 0.717) is 36.0 Å². The minimum Gasteiger partial charge on any atom is -0.379 e. The molecule has 0 aliphatic carbocycles. The lowest BCUT2D eigenvalue weighted by Gasteiger charge is -2.26. The zero-order chi connectivity index (χ0) is 19.7. The lowest BCUT2D eigenvalue weighted by molar-refractivity contribution is 0.0390. The fraction of sp³-hybridized carbons (Fsp3) is 0.316. The number of morpholine rings is 1. The van der Waals surface area contributed by atoms with Crippen LogP contribution in [0.3, 0.4) is 0 Å². The van der Waals surface area contributed by atoms with Crippen molar-refractivity contribution in [1.29, 1.82) is 0 Å². The van der Waals surface area contributed by atoms with E-state index in [2.05, 4.69) is 14.6 Å². The molecule has 9 heteroatoms. The molecule has 148 valence electrons. The first-order valence-corrected chi connectivity index (χ1v) is 10.5. The number of nitrogens with zero attached hydrogens (tertiary/aromatic N) is 1. The Bertz CT molecular complexity index is 1190. The van der Waals surface area contributed by atoms with E-state index >= 15 is 0 Å². The minimum atomic E-state index is -3.72. The zero-order valence-corrected chi connectivity index (χ0v) is 15.9. The van der Waals surface area contributed by atoms with E-state index in [-0.39, 0.29) is 16.8 Å². The summed E-state index contributed by atoms with van der Waals surface area (Å²) in [5.41, 5.74) is -0.0722. The van der Waals surface area contributed by atoms with E-state index in [4.69, 9.17) is 4.74 Å². The van der Waals surface area contributed by atoms with Crippen LogP contribution in [0.1, 0.15) is 0 Å². The summed E-state index contributed by atoms with van der Waals surface area (Å²) in [4.78, 5) is 17.1. The molecule has 3 aromatic rings. The zero-order valence-electron chi connectivity index (χ0n) is 15.1. The predicted octanol–water partition coefficient (Wildman–Crippen LogP) is 1.43. The third-order valence-corrected chi connectivity index (χ3v) is 6.35. The average molecular weight is 405 g/mol. The molecule has 0 atom stereocenters. The molecule has 28 heavy (non-hydrogen) atoms. The van der Waals surface area contributed by atoms with Gasteiger partial charge in [0.05, 0.1) is 29.0 Å². The van der Waals surface area contributed by atoms with Crippen LogP contribution in [-0.4, -0.2) is 57.7 Å². The number of ether oxygens (including phenoxy) is 1. The highest BCUT2D eigenvalue weighted by atomic mass is 32.2. The molecule has 0 saturated carbocycles. The molecule has 0 amide bonds. The lowest BCUT2D eigenvalue weighted by Crippen LogP contribution is -2.41. The van der Waals surface area contributed by atoms with Crippen LogP contribution in [0.5, 0.6) is 0 Å². The number of aromatic amines is 1. The smallest absolute Gasteiger partial charge is 0.256 e. The Hall–Kier alpha value is -2.33. The summed E-state index contributed by atoms with van der Waals surface area (Å²) in [6, 6.07) is 8.51. The van der Waals surface area contributed by atoms with Crippen molar-refractivity contribution in [3.05, 3.63) is 52.6 Å². The quantitative estimate of drug-likeness (QED) is 0.627. The van der Waals surface area contributed by atoms with Gasteiger partial charge in [-0.3, -0.25) is 9.69 Å². The van der Waals surface area contributed by atoms with Gasteiger partial charge in [0, 0.05) is 31.6 Å². The highest BCUT2D eigenvalue weighted by Gasteiger charge is 2.17. The highest BCUT2D eigenvalue weighted by molar-refractivity contribution is 7.89. The van der Waals surface area contributed by atoms with Crippen molar-refractivity contribution >= 4 is 31.7 Å². The van der Waals surface area contributed by atoms with Gasteiger partial charge in [-0.05, 0) is 29.7 Å². The van der Waals surface area contributed by atoms with Crippen LogP contribution < -0.4 is 10.3 Å². The number of halogens is 1. The van der Waals surface area contributed by atoms with Gasteiger partial charge in [-0.1, -0.05) is 12.1 Å². The van der Waals surface area contributed by atoms with Crippen molar-refractivity contribution in [2.75, 3.05) is 39.4 Å². The van der Waals surface area contributed by atoms with Gasteiger partial charge >= 0.3 is 0 Å². The van der Waals surface area contributed by atoms with Crippen molar-refractivity contribution in [3.8, 4) is 0 Å². The molecule has 2 heterocycles. The van der Waals surface area contributed by atoms with Gasteiger partial charge in [0.1, 0.15) is 5.82 Å². The van der Waals surface area contributed by atoms with Gasteiger partial charge in [0.2, 0.25) is 10.0 Å². The molecule has 0 spiro atoms. The van der Waals surface area contributed by atoms with Crippen LogP contribution in [0.4, 0.5) is 4.39 Å². The predicted molar refractivity (Wildman–Crippen MR) is 104 cm³/mol. The number of hydrogen-bond donors (Lipinski definition) is 2. The number of nitrogens with one attached hydrogen (secondary N) is 2. The number of rotatable bonds is 5. The molecular formula is C19H20FN3O4S. The monoisotopic (exact) mass is 405 g/mol. The molecular weight excluding hydrogens is 385 g/mol. The minimum absolute atomic E-state index is 0.0686. The van der Waals surface area contributed by atoms with Crippen LogP contribution in [-0.2, 0) is 14.8 Å². The van der Waals surface area contributed by atoms with Crippen molar-refractivity contribution in [2.24, 2.45) is 0 Å². The van der Waals surface area contributed by atoms with E-state index in [1.54, 1.807) is 6.07 Å². The number of sulfonamides is 1. The summed E-state index contributed by atoms with van der Waals surface area (Å²) >= 11 is 0. The van der Waals surface area contributed by atoms with E-state index in [0.717, 1.165) is 13.1 Å². The van der Waals surface area contributed by atoms with Crippen molar-refractivity contribution in [2.45, 2.75) is 4.90 Å². The van der Waals surface area contributed by atoms with Crippen LogP contribution in [0.15, 0.2) is 46.1 Å².